The number of carbonyl (C=O) groups is 1. The zero-order valence-corrected chi connectivity index (χ0v) is 12.7. The van der Waals surface area contributed by atoms with Crippen LogP contribution in [0.15, 0.2) is 48.7 Å². The van der Waals surface area contributed by atoms with E-state index in [4.69, 9.17) is 4.74 Å². The van der Waals surface area contributed by atoms with Crippen molar-refractivity contribution in [1.29, 1.82) is 0 Å². The quantitative estimate of drug-likeness (QED) is 0.610. The van der Waals surface area contributed by atoms with E-state index < -0.39 is 0 Å². The lowest BCUT2D eigenvalue weighted by molar-refractivity contribution is -0.133. The molecule has 0 fully saturated rings. The first-order valence-corrected chi connectivity index (χ1v) is 7.87. The maximum absolute atomic E-state index is 11.9. The molecular formula is C17H14N2O2S. The molecule has 1 aromatic carbocycles. The van der Waals surface area contributed by atoms with E-state index in [1.165, 1.54) is 12.7 Å². The zero-order valence-electron chi connectivity index (χ0n) is 11.9. The fraction of sp³-hybridized carbons (Fsp3) is 0.118. The minimum Gasteiger partial charge on any atom is -0.465 e. The van der Waals surface area contributed by atoms with Gasteiger partial charge in [0, 0.05) is 16.6 Å². The molecule has 0 saturated heterocycles. The number of benzene rings is 1. The fourth-order valence-corrected chi connectivity index (χ4v) is 3.86. The molecular weight excluding hydrogens is 296 g/mol. The SMILES string of the molecule is COC(=O)C1=c2ccc3c(c2NC=C1)NSC1C=CC=CC=31. The maximum Gasteiger partial charge on any atom is 0.338 e. The molecule has 1 aliphatic carbocycles. The Hall–Kier alpha value is -2.40. The first kappa shape index (κ1) is 13.3. The van der Waals surface area contributed by atoms with Gasteiger partial charge in [-0.1, -0.05) is 36.4 Å². The molecule has 4 rings (SSSR count). The summed E-state index contributed by atoms with van der Waals surface area (Å²) in [4.78, 5) is 11.9. The van der Waals surface area contributed by atoms with Gasteiger partial charge in [-0.05, 0) is 23.6 Å². The van der Waals surface area contributed by atoms with Crippen molar-refractivity contribution in [1.82, 2.24) is 0 Å². The average molecular weight is 310 g/mol. The number of methoxy groups -OCH3 is 1. The van der Waals surface area contributed by atoms with Crippen LogP contribution in [-0.2, 0) is 9.53 Å². The van der Waals surface area contributed by atoms with Crippen LogP contribution in [0, 0.1) is 0 Å². The lowest BCUT2D eigenvalue weighted by Crippen LogP contribution is -2.30. The molecule has 1 aromatic rings. The van der Waals surface area contributed by atoms with E-state index >= 15 is 0 Å². The van der Waals surface area contributed by atoms with Crippen LogP contribution in [0.3, 0.4) is 0 Å². The maximum atomic E-state index is 11.9. The first-order valence-electron chi connectivity index (χ1n) is 6.99. The lowest BCUT2D eigenvalue weighted by Gasteiger charge is -2.26. The van der Waals surface area contributed by atoms with Crippen molar-refractivity contribution >= 4 is 40.4 Å². The third kappa shape index (κ3) is 1.89. The van der Waals surface area contributed by atoms with Crippen molar-refractivity contribution in [2.24, 2.45) is 0 Å². The fourth-order valence-electron chi connectivity index (χ4n) is 2.90. The van der Waals surface area contributed by atoms with E-state index in [-0.39, 0.29) is 5.97 Å². The molecule has 1 unspecified atom stereocenters. The van der Waals surface area contributed by atoms with Gasteiger partial charge in [0.2, 0.25) is 0 Å². The third-order valence-electron chi connectivity index (χ3n) is 3.96. The number of rotatable bonds is 1. The number of ether oxygens (including phenoxy) is 1. The molecule has 5 heteroatoms. The molecule has 0 aromatic heterocycles. The van der Waals surface area contributed by atoms with Crippen LogP contribution in [0.25, 0.3) is 11.1 Å². The Morgan fingerprint density at radius 2 is 2.05 bits per heavy atom. The van der Waals surface area contributed by atoms with Gasteiger partial charge in [0.05, 0.1) is 29.3 Å². The number of anilines is 2. The molecule has 1 atom stereocenters. The van der Waals surface area contributed by atoms with E-state index in [0.29, 0.717) is 10.8 Å². The Labute approximate surface area is 132 Å². The molecule has 0 bridgehead atoms. The topological polar surface area (TPSA) is 50.4 Å². The highest BCUT2D eigenvalue weighted by Crippen LogP contribution is 2.32. The standard InChI is InChI=1S/C17H14N2O2S/c1-21-17(20)13-8-9-18-15-12(13)7-6-11-10-4-2-3-5-14(10)22-19-16(11)15/h2-9,14,18-19H,1H3. The number of nitrogens with one attached hydrogen (secondary N) is 2. The van der Waals surface area contributed by atoms with Gasteiger partial charge in [-0.3, -0.25) is 0 Å². The summed E-state index contributed by atoms with van der Waals surface area (Å²) in [6.07, 6.45) is 12.0. The highest BCUT2D eigenvalue weighted by Gasteiger charge is 2.23. The minimum absolute atomic E-state index is 0.318. The van der Waals surface area contributed by atoms with Gasteiger partial charge in [-0.25, -0.2) is 4.79 Å². The molecule has 0 saturated carbocycles. The second-order valence-electron chi connectivity index (χ2n) is 5.13. The number of hydrogen-bond acceptors (Lipinski definition) is 5. The van der Waals surface area contributed by atoms with Gasteiger partial charge in [0.15, 0.2) is 0 Å². The van der Waals surface area contributed by atoms with E-state index in [1.807, 2.05) is 6.07 Å². The summed E-state index contributed by atoms with van der Waals surface area (Å²) >= 11 is 1.66. The van der Waals surface area contributed by atoms with Crippen molar-refractivity contribution in [3.63, 3.8) is 0 Å². The third-order valence-corrected chi connectivity index (χ3v) is 4.94. The molecule has 4 nitrogen and oxygen atoms in total. The zero-order chi connectivity index (χ0) is 15.1. The normalized spacial score (nSPS) is 20.5. The summed E-state index contributed by atoms with van der Waals surface area (Å²) in [6.45, 7) is 0. The first-order chi connectivity index (χ1) is 10.8. The largest absolute Gasteiger partial charge is 0.465 e. The van der Waals surface area contributed by atoms with Crippen molar-refractivity contribution in [2.45, 2.75) is 5.25 Å². The Morgan fingerprint density at radius 3 is 2.91 bits per heavy atom. The molecule has 110 valence electrons. The summed E-state index contributed by atoms with van der Waals surface area (Å²) in [6, 6.07) is 4.04. The predicted molar refractivity (Wildman–Crippen MR) is 90.6 cm³/mol. The Balaban J connectivity index is 2.03. The number of esters is 1. The van der Waals surface area contributed by atoms with E-state index in [9.17, 15) is 4.79 Å². The number of allylic oxidation sites excluding steroid dienone is 3. The van der Waals surface area contributed by atoms with E-state index in [0.717, 1.165) is 21.8 Å². The van der Waals surface area contributed by atoms with Gasteiger partial charge >= 0.3 is 5.97 Å². The lowest BCUT2D eigenvalue weighted by atomic mass is 9.99. The van der Waals surface area contributed by atoms with Crippen LogP contribution in [0.5, 0.6) is 0 Å². The average Bonchev–Trinajstić information content (AvgIpc) is 2.59. The molecule has 3 aliphatic rings. The van der Waals surface area contributed by atoms with Crippen LogP contribution in [0.1, 0.15) is 0 Å². The summed E-state index contributed by atoms with van der Waals surface area (Å²) in [5.41, 5.74) is 3.78. The van der Waals surface area contributed by atoms with Crippen LogP contribution >= 0.6 is 11.9 Å². The van der Waals surface area contributed by atoms with Crippen molar-refractivity contribution < 1.29 is 9.53 Å². The van der Waals surface area contributed by atoms with Gasteiger partial charge in [-0.15, -0.1) is 0 Å². The van der Waals surface area contributed by atoms with Crippen molar-refractivity contribution in [2.75, 3.05) is 17.1 Å². The van der Waals surface area contributed by atoms with E-state index in [1.54, 1.807) is 24.2 Å². The summed E-state index contributed by atoms with van der Waals surface area (Å²) in [5, 5.41) is 5.59. The number of carbonyl (C=O) groups excluding carboxylic acids is 1. The minimum atomic E-state index is -0.326. The monoisotopic (exact) mass is 310 g/mol. The van der Waals surface area contributed by atoms with Gasteiger partial charge < -0.3 is 14.8 Å². The Morgan fingerprint density at radius 1 is 1.18 bits per heavy atom. The highest BCUT2D eigenvalue weighted by atomic mass is 32.2. The molecule has 0 amide bonds. The Bertz CT molecular complexity index is 881. The van der Waals surface area contributed by atoms with Crippen LogP contribution < -0.4 is 20.5 Å². The van der Waals surface area contributed by atoms with Crippen LogP contribution in [0.4, 0.5) is 11.4 Å². The Kier molecular flexibility index (Phi) is 3.08. The second-order valence-corrected chi connectivity index (χ2v) is 6.08. The van der Waals surface area contributed by atoms with E-state index in [2.05, 4.69) is 40.4 Å². The van der Waals surface area contributed by atoms with Crippen molar-refractivity contribution in [3.8, 4) is 0 Å². The highest BCUT2D eigenvalue weighted by molar-refractivity contribution is 8.01. The van der Waals surface area contributed by atoms with Crippen LogP contribution in [-0.4, -0.2) is 18.3 Å². The summed E-state index contributed by atoms with van der Waals surface area (Å²) in [5.74, 6) is -0.326. The number of fused-ring (bicyclic) bond motifs is 4. The predicted octanol–water partition coefficient (Wildman–Crippen LogP) is 1.67. The van der Waals surface area contributed by atoms with Gasteiger partial charge in [0.25, 0.3) is 0 Å². The molecule has 0 spiro atoms. The van der Waals surface area contributed by atoms with Crippen LogP contribution in [0.2, 0.25) is 0 Å². The molecule has 2 aliphatic heterocycles. The van der Waals surface area contributed by atoms with Gasteiger partial charge in [-0.2, -0.15) is 0 Å². The smallest absolute Gasteiger partial charge is 0.338 e. The molecule has 0 radical (unpaired) electrons. The number of hydrogen-bond donors (Lipinski definition) is 2. The summed E-state index contributed by atoms with van der Waals surface area (Å²) < 4.78 is 8.29. The summed E-state index contributed by atoms with van der Waals surface area (Å²) in [7, 11) is 1.40. The molecule has 22 heavy (non-hydrogen) atoms. The van der Waals surface area contributed by atoms with Crippen molar-refractivity contribution in [3.05, 3.63) is 59.2 Å². The molecule has 2 heterocycles. The molecule has 2 N–H and O–H groups in total. The van der Waals surface area contributed by atoms with Gasteiger partial charge in [0.1, 0.15) is 0 Å². The second kappa shape index (κ2) is 5.10.